The van der Waals surface area contributed by atoms with Gasteiger partial charge in [0.05, 0.1) is 4.92 Å². The number of benzene rings is 3. The van der Waals surface area contributed by atoms with E-state index >= 15 is 0 Å². The van der Waals surface area contributed by atoms with Crippen molar-refractivity contribution in [1.29, 1.82) is 0 Å². The van der Waals surface area contributed by atoms with Crippen LogP contribution >= 0.6 is 0 Å². The molecule has 0 aliphatic carbocycles. The number of nitro benzene ring substituents is 1. The zero-order chi connectivity index (χ0) is 16.9. The molecule has 0 saturated carbocycles. The summed E-state index contributed by atoms with van der Waals surface area (Å²) in [5.41, 5.74) is 10.1. The summed E-state index contributed by atoms with van der Waals surface area (Å²) in [5, 5.41) is 14.1. The van der Waals surface area contributed by atoms with Crippen molar-refractivity contribution in [3.63, 3.8) is 0 Å². The van der Waals surface area contributed by atoms with Gasteiger partial charge >= 0.3 is 0 Å². The number of nitrogens with two attached hydrogens (primary N) is 1. The first-order valence-corrected chi connectivity index (χ1v) is 7.55. The number of rotatable bonds is 5. The van der Waals surface area contributed by atoms with Gasteiger partial charge in [-0.05, 0) is 47.9 Å². The lowest BCUT2D eigenvalue weighted by Gasteiger charge is -2.08. The molecule has 0 atom stereocenters. The average Bonchev–Trinajstić information content (AvgIpc) is 2.59. The molecule has 3 aromatic rings. The molecule has 0 saturated heterocycles. The zero-order valence-electron chi connectivity index (χ0n) is 13.0. The molecular weight excluding hydrogens is 302 g/mol. The molecule has 0 heterocycles. The van der Waals surface area contributed by atoms with Gasteiger partial charge in [0, 0.05) is 17.4 Å². The van der Waals surface area contributed by atoms with Gasteiger partial charge in [-0.3, -0.25) is 10.1 Å². The smallest absolute Gasteiger partial charge is 0.292 e. The van der Waals surface area contributed by atoms with Crippen LogP contribution in [0.4, 0.5) is 22.7 Å². The van der Waals surface area contributed by atoms with Crippen LogP contribution in [0, 0.1) is 10.1 Å². The number of nitrogens with zero attached hydrogens (tertiary/aromatic N) is 1. The quantitative estimate of drug-likeness (QED) is 0.412. The van der Waals surface area contributed by atoms with Crippen LogP contribution in [-0.2, 0) is 6.42 Å². The van der Waals surface area contributed by atoms with Gasteiger partial charge in [0.1, 0.15) is 5.69 Å². The molecule has 0 aromatic heterocycles. The first-order valence-electron chi connectivity index (χ1n) is 7.55. The summed E-state index contributed by atoms with van der Waals surface area (Å²) < 4.78 is 0. The minimum atomic E-state index is -0.391. The van der Waals surface area contributed by atoms with Gasteiger partial charge in [0.15, 0.2) is 0 Å². The lowest BCUT2D eigenvalue weighted by atomic mass is 10.0. The van der Waals surface area contributed by atoms with Crippen LogP contribution in [0.2, 0.25) is 0 Å². The van der Waals surface area contributed by atoms with E-state index in [1.165, 1.54) is 11.6 Å². The van der Waals surface area contributed by atoms with Crippen molar-refractivity contribution in [3.8, 4) is 0 Å². The molecule has 0 aliphatic rings. The molecule has 0 unspecified atom stereocenters. The van der Waals surface area contributed by atoms with Crippen LogP contribution < -0.4 is 11.1 Å². The Morgan fingerprint density at radius 1 is 0.875 bits per heavy atom. The average molecular weight is 319 g/mol. The molecule has 0 spiro atoms. The molecule has 3 rings (SSSR count). The van der Waals surface area contributed by atoms with Crippen molar-refractivity contribution in [2.24, 2.45) is 0 Å². The van der Waals surface area contributed by atoms with Crippen LogP contribution in [0.3, 0.4) is 0 Å². The third kappa shape index (κ3) is 3.70. The molecule has 0 radical (unpaired) electrons. The Balaban J connectivity index is 1.73. The molecule has 0 bridgehead atoms. The van der Waals surface area contributed by atoms with E-state index in [1.54, 1.807) is 18.2 Å². The van der Waals surface area contributed by atoms with Crippen LogP contribution in [0.1, 0.15) is 11.1 Å². The van der Waals surface area contributed by atoms with Crippen molar-refractivity contribution in [2.75, 3.05) is 11.1 Å². The largest absolute Gasteiger partial charge is 0.399 e. The monoisotopic (exact) mass is 319 g/mol. The summed E-state index contributed by atoms with van der Waals surface area (Å²) in [6.07, 6.45) is 0.812. The summed E-state index contributed by atoms with van der Waals surface area (Å²) in [6, 6.07) is 22.2. The number of nitrogen functional groups attached to an aromatic ring is 1. The number of hydrogen-bond acceptors (Lipinski definition) is 4. The van der Waals surface area contributed by atoms with Gasteiger partial charge in [-0.1, -0.05) is 36.4 Å². The number of para-hydroxylation sites is 2. The highest BCUT2D eigenvalue weighted by Gasteiger charge is 2.12. The second-order valence-corrected chi connectivity index (χ2v) is 5.51. The SMILES string of the molecule is Nc1ccc(Cc2ccc(Nc3ccccc3[N+](=O)[O-])cc2)cc1. The van der Waals surface area contributed by atoms with E-state index in [9.17, 15) is 10.1 Å². The standard InChI is InChI=1S/C19H17N3O2/c20-16-9-5-14(6-10-16)13-15-7-11-17(12-8-15)21-18-3-1-2-4-19(18)22(23)24/h1-12,21H,13,20H2. The number of hydrogen-bond donors (Lipinski definition) is 2. The Bertz CT molecular complexity index is 843. The first-order chi connectivity index (χ1) is 11.6. The number of nitro groups is 1. The molecule has 120 valence electrons. The van der Waals surface area contributed by atoms with Gasteiger partial charge in [0.2, 0.25) is 0 Å². The minimum absolute atomic E-state index is 0.0588. The molecule has 24 heavy (non-hydrogen) atoms. The highest BCUT2D eigenvalue weighted by molar-refractivity contribution is 5.69. The van der Waals surface area contributed by atoms with Crippen LogP contribution in [0.15, 0.2) is 72.8 Å². The third-order valence-electron chi connectivity index (χ3n) is 3.72. The molecule has 0 aliphatic heterocycles. The first kappa shape index (κ1) is 15.6. The third-order valence-corrected chi connectivity index (χ3v) is 3.72. The van der Waals surface area contributed by atoms with Crippen molar-refractivity contribution < 1.29 is 4.92 Å². The molecule has 3 aromatic carbocycles. The van der Waals surface area contributed by atoms with Crippen molar-refractivity contribution >= 4 is 22.7 Å². The molecular formula is C19H17N3O2. The van der Waals surface area contributed by atoms with Crippen molar-refractivity contribution in [2.45, 2.75) is 6.42 Å². The normalized spacial score (nSPS) is 10.3. The fourth-order valence-corrected chi connectivity index (χ4v) is 2.47. The number of nitrogens with one attached hydrogen (secondary N) is 1. The van der Waals surface area contributed by atoms with Crippen molar-refractivity contribution in [1.82, 2.24) is 0 Å². The maximum Gasteiger partial charge on any atom is 0.292 e. The molecule has 3 N–H and O–H groups in total. The van der Waals surface area contributed by atoms with Gasteiger partial charge < -0.3 is 11.1 Å². The second-order valence-electron chi connectivity index (χ2n) is 5.51. The van der Waals surface area contributed by atoms with E-state index in [4.69, 9.17) is 5.73 Å². The topological polar surface area (TPSA) is 81.2 Å². The number of anilines is 3. The van der Waals surface area contributed by atoms with Gasteiger partial charge in [0.25, 0.3) is 5.69 Å². The van der Waals surface area contributed by atoms with E-state index in [-0.39, 0.29) is 5.69 Å². The highest BCUT2D eigenvalue weighted by Crippen LogP contribution is 2.27. The Hall–Kier alpha value is -3.34. The predicted molar refractivity (Wildman–Crippen MR) is 96.5 cm³/mol. The maximum absolute atomic E-state index is 11.0. The van der Waals surface area contributed by atoms with E-state index in [0.29, 0.717) is 5.69 Å². The van der Waals surface area contributed by atoms with Crippen molar-refractivity contribution in [3.05, 3.63) is 94.0 Å². The van der Waals surface area contributed by atoms with E-state index in [1.807, 2.05) is 48.5 Å². The maximum atomic E-state index is 11.0. The predicted octanol–water partition coefficient (Wildman–Crippen LogP) is 4.51. The summed E-state index contributed by atoms with van der Waals surface area (Å²) in [7, 11) is 0. The van der Waals surface area contributed by atoms with Crippen LogP contribution in [0.25, 0.3) is 0 Å². The van der Waals surface area contributed by atoms with Gasteiger partial charge in [-0.15, -0.1) is 0 Å². The van der Waals surface area contributed by atoms with E-state index in [2.05, 4.69) is 5.32 Å². The van der Waals surface area contributed by atoms with E-state index < -0.39 is 4.92 Å². The Kier molecular flexibility index (Phi) is 4.43. The second kappa shape index (κ2) is 6.83. The lowest BCUT2D eigenvalue weighted by Crippen LogP contribution is -1.97. The highest BCUT2D eigenvalue weighted by atomic mass is 16.6. The minimum Gasteiger partial charge on any atom is -0.399 e. The molecule has 0 amide bonds. The van der Waals surface area contributed by atoms with E-state index in [0.717, 1.165) is 23.4 Å². The Labute approximate surface area is 139 Å². The summed E-state index contributed by atoms with van der Waals surface area (Å²) in [6.45, 7) is 0. The summed E-state index contributed by atoms with van der Waals surface area (Å²) >= 11 is 0. The Morgan fingerprint density at radius 3 is 2.08 bits per heavy atom. The van der Waals surface area contributed by atoms with Gasteiger partial charge in [-0.2, -0.15) is 0 Å². The zero-order valence-corrected chi connectivity index (χ0v) is 13.0. The summed E-state index contributed by atoms with van der Waals surface area (Å²) in [5.74, 6) is 0. The molecule has 0 fully saturated rings. The fraction of sp³-hybridized carbons (Fsp3) is 0.0526. The Morgan fingerprint density at radius 2 is 1.46 bits per heavy atom. The van der Waals surface area contributed by atoms with Crippen LogP contribution in [0.5, 0.6) is 0 Å². The van der Waals surface area contributed by atoms with Gasteiger partial charge in [-0.25, -0.2) is 0 Å². The lowest BCUT2D eigenvalue weighted by molar-refractivity contribution is -0.383. The van der Waals surface area contributed by atoms with Crippen LogP contribution in [-0.4, -0.2) is 4.92 Å². The molecule has 5 nitrogen and oxygen atoms in total. The molecule has 5 heteroatoms. The summed E-state index contributed by atoms with van der Waals surface area (Å²) in [4.78, 5) is 10.7. The fourth-order valence-electron chi connectivity index (χ4n) is 2.47.